The number of amides is 3. The van der Waals surface area contributed by atoms with Gasteiger partial charge in [-0.15, -0.1) is 0 Å². The molecule has 0 bridgehead atoms. The van der Waals surface area contributed by atoms with Gasteiger partial charge in [0.25, 0.3) is 0 Å². The monoisotopic (exact) mass is 433 g/mol. The molecule has 0 aliphatic rings. The summed E-state index contributed by atoms with van der Waals surface area (Å²) in [6.07, 6.45) is 0.895. The van der Waals surface area contributed by atoms with E-state index in [-0.39, 0.29) is 6.42 Å². The summed E-state index contributed by atoms with van der Waals surface area (Å²) < 4.78 is 0. The molecule has 0 unspecified atom stereocenters. The van der Waals surface area contributed by atoms with Crippen molar-refractivity contribution in [2.75, 3.05) is 13.2 Å². The third-order valence-electron chi connectivity index (χ3n) is 4.14. The second-order valence-electron chi connectivity index (χ2n) is 6.70. The number of aliphatic carboxylic acids is 2. The van der Waals surface area contributed by atoms with Gasteiger partial charge in [-0.1, -0.05) is 6.42 Å². The zero-order chi connectivity index (χ0) is 23.3. The number of carbonyl (C=O) groups excluding carboxylic acids is 3. The molecule has 10 N–H and O–H groups in total. The molecule has 0 fully saturated rings. The summed E-state index contributed by atoms with van der Waals surface area (Å²) in [4.78, 5) is 58.4. The van der Waals surface area contributed by atoms with E-state index in [2.05, 4.69) is 10.6 Å². The number of aliphatic hydroxyl groups is 1. The van der Waals surface area contributed by atoms with Gasteiger partial charge < -0.3 is 42.7 Å². The summed E-state index contributed by atoms with van der Waals surface area (Å²) in [5, 5.41) is 33.4. The molecule has 0 heterocycles. The summed E-state index contributed by atoms with van der Waals surface area (Å²) in [5.74, 6) is -5.09. The minimum atomic E-state index is -1.62. The number of hydrogen-bond donors (Lipinski definition) is 8. The lowest BCUT2D eigenvalue weighted by Gasteiger charge is -2.23. The Morgan fingerprint density at radius 1 is 0.867 bits per heavy atom. The third-order valence-corrected chi connectivity index (χ3v) is 4.14. The average molecular weight is 433 g/mol. The summed E-state index contributed by atoms with van der Waals surface area (Å²) in [6.45, 7) is 0.918. The molecule has 3 amide bonds. The lowest BCUT2D eigenvalue weighted by molar-refractivity contribution is -0.144. The van der Waals surface area contributed by atoms with E-state index in [4.69, 9.17) is 26.8 Å². The Hall–Kier alpha value is -2.77. The van der Waals surface area contributed by atoms with Gasteiger partial charge in [-0.2, -0.15) is 0 Å². The van der Waals surface area contributed by atoms with Crippen molar-refractivity contribution < 1.29 is 39.3 Å². The molecule has 4 atom stereocenters. The number of carboxylic acids is 2. The molecule has 0 aromatic rings. The lowest BCUT2D eigenvalue weighted by Crippen LogP contribution is -2.56. The number of hydrogen-bond acceptors (Lipinski definition) is 8. The predicted molar refractivity (Wildman–Crippen MR) is 104 cm³/mol. The minimum absolute atomic E-state index is 0.329. The molecular formula is C17H31N5O8. The van der Waals surface area contributed by atoms with Crippen molar-refractivity contribution in [2.24, 2.45) is 11.5 Å². The van der Waals surface area contributed by atoms with E-state index in [1.807, 2.05) is 5.32 Å². The first-order chi connectivity index (χ1) is 14.0. The van der Waals surface area contributed by atoms with Gasteiger partial charge in [0.1, 0.15) is 18.1 Å². The Balaban J connectivity index is 4.96. The van der Waals surface area contributed by atoms with Gasteiger partial charge in [0, 0.05) is 6.42 Å². The van der Waals surface area contributed by atoms with Crippen LogP contribution in [0.25, 0.3) is 0 Å². The van der Waals surface area contributed by atoms with Gasteiger partial charge in [-0.05, 0) is 32.7 Å². The second kappa shape index (κ2) is 14.3. The Bertz CT molecular complexity index is 615. The fourth-order valence-corrected chi connectivity index (χ4v) is 2.32. The van der Waals surface area contributed by atoms with Crippen molar-refractivity contribution in [2.45, 2.75) is 63.2 Å². The molecule has 0 rings (SSSR count). The van der Waals surface area contributed by atoms with Gasteiger partial charge in [0.05, 0.1) is 12.6 Å². The Morgan fingerprint density at radius 2 is 1.47 bits per heavy atom. The summed E-state index contributed by atoms with van der Waals surface area (Å²) >= 11 is 0. The maximum atomic E-state index is 12.3. The SMILES string of the molecule is C[C@H](NC(=O)[C@@H](N)CCCCN)C(=O)N[C@@H](CCC(=O)O)C(=O)N[C@@H](CO)C(=O)O. The summed E-state index contributed by atoms with van der Waals surface area (Å²) in [7, 11) is 0. The molecule has 0 aliphatic heterocycles. The molecule has 0 radical (unpaired) electrons. The number of nitrogens with two attached hydrogens (primary N) is 2. The number of carbonyl (C=O) groups is 5. The maximum Gasteiger partial charge on any atom is 0.328 e. The summed E-state index contributed by atoms with van der Waals surface area (Å²) in [5.41, 5.74) is 11.1. The first-order valence-electron chi connectivity index (χ1n) is 9.45. The Morgan fingerprint density at radius 3 is 1.97 bits per heavy atom. The van der Waals surface area contributed by atoms with E-state index in [0.717, 1.165) is 0 Å². The number of unbranched alkanes of at least 4 members (excludes halogenated alkanes) is 1. The molecule has 0 saturated heterocycles. The average Bonchev–Trinajstić information content (AvgIpc) is 2.68. The van der Waals surface area contributed by atoms with Gasteiger partial charge >= 0.3 is 11.9 Å². The Kier molecular flexibility index (Phi) is 12.9. The van der Waals surface area contributed by atoms with Crippen molar-refractivity contribution in [1.82, 2.24) is 16.0 Å². The van der Waals surface area contributed by atoms with Crippen molar-refractivity contribution >= 4 is 29.7 Å². The largest absolute Gasteiger partial charge is 0.481 e. The van der Waals surface area contributed by atoms with Crippen LogP contribution in [-0.2, 0) is 24.0 Å². The van der Waals surface area contributed by atoms with Crippen LogP contribution >= 0.6 is 0 Å². The van der Waals surface area contributed by atoms with Crippen molar-refractivity contribution in [3.05, 3.63) is 0 Å². The van der Waals surface area contributed by atoms with Crippen LogP contribution in [0.1, 0.15) is 39.0 Å². The molecule has 0 spiro atoms. The van der Waals surface area contributed by atoms with E-state index in [1.54, 1.807) is 0 Å². The number of carboxylic acid groups (broad SMARTS) is 2. The number of rotatable bonds is 15. The zero-order valence-corrected chi connectivity index (χ0v) is 16.8. The first kappa shape index (κ1) is 27.2. The fraction of sp³-hybridized carbons (Fsp3) is 0.706. The fourth-order valence-electron chi connectivity index (χ4n) is 2.32. The Labute approximate surface area is 173 Å². The molecule has 30 heavy (non-hydrogen) atoms. The highest BCUT2D eigenvalue weighted by molar-refractivity contribution is 5.94. The smallest absolute Gasteiger partial charge is 0.328 e. The topological polar surface area (TPSA) is 234 Å². The van der Waals surface area contributed by atoms with Crippen LogP contribution in [0.4, 0.5) is 0 Å². The predicted octanol–water partition coefficient (Wildman–Crippen LogP) is -3.14. The highest BCUT2D eigenvalue weighted by atomic mass is 16.4. The number of aliphatic hydroxyl groups excluding tert-OH is 1. The van der Waals surface area contributed by atoms with E-state index in [1.165, 1.54) is 6.92 Å². The quantitative estimate of drug-likeness (QED) is 0.121. The molecule has 0 saturated carbocycles. The minimum Gasteiger partial charge on any atom is -0.481 e. The normalized spacial score (nSPS) is 14.7. The van der Waals surface area contributed by atoms with Crippen molar-refractivity contribution in [3.8, 4) is 0 Å². The molecule has 13 heteroatoms. The van der Waals surface area contributed by atoms with Crippen LogP contribution in [0.15, 0.2) is 0 Å². The van der Waals surface area contributed by atoms with E-state index in [0.29, 0.717) is 25.8 Å². The molecule has 0 aromatic heterocycles. The molecule has 0 aromatic carbocycles. The number of nitrogens with one attached hydrogen (secondary N) is 3. The molecular weight excluding hydrogens is 402 g/mol. The van der Waals surface area contributed by atoms with Crippen molar-refractivity contribution in [3.63, 3.8) is 0 Å². The molecule has 0 aliphatic carbocycles. The van der Waals surface area contributed by atoms with Crippen LogP contribution in [0.3, 0.4) is 0 Å². The summed E-state index contributed by atoms with van der Waals surface area (Å²) in [6, 6.07) is -4.95. The van der Waals surface area contributed by atoms with E-state index in [9.17, 15) is 24.0 Å². The van der Waals surface area contributed by atoms with Crippen LogP contribution in [0.2, 0.25) is 0 Å². The van der Waals surface area contributed by atoms with Gasteiger partial charge in [-0.25, -0.2) is 4.79 Å². The van der Waals surface area contributed by atoms with E-state index >= 15 is 0 Å². The highest BCUT2D eigenvalue weighted by Gasteiger charge is 2.28. The van der Waals surface area contributed by atoms with Gasteiger partial charge in [0.2, 0.25) is 17.7 Å². The zero-order valence-electron chi connectivity index (χ0n) is 16.8. The third kappa shape index (κ3) is 10.7. The van der Waals surface area contributed by atoms with Gasteiger partial charge in [0.15, 0.2) is 0 Å². The molecule has 172 valence electrons. The van der Waals surface area contributed by atoms with Crippen LogP contribution < -0.4 is 27.4 Å². The van der Waals surface area contributed by atoms with Crippen LogP contribution in [-0.4, -0.2) is 82.3 Å². The first-order valence-corrected chi connectivity index (χ1v) is 9.45. The second-order valence-corrected chi connectivity index (χ2v) is 6.70. The van der Waals surface area contributed by atoms with Gasteiger partial charge in [-0.3, -0.25) is 19.2 Å². The van der Waals surface area contributed by atoms with E-state index < -0.39 is 66.9 Å². The maximum absolute atomic E-state index is 12.3. The van der Waals surface area contributed by atoms with Crippen molar-refractivity contribution in [1.29, 1.82) is 0 Å². The highest BCUT2D eigenvalue weighted by Crippen LogP contribution is 2.02. The van der Waals surface area contributed by atoms with Crippen LogP contribution in [0, 0.1) is 0 Å². The lowest BCUT2D eigenvalue weighted by atomic mass is 10.1. The van der Waals surface area contributed by atoms with Crippen LogP contribution in [0.5, 0.6) is 0 Å². The molecule has 13 nitrogen and oxygen atoms in total. The standard InChI is InChI=1S/C17H31N5O8/c1-9(20-15(27)10(19)4-2-3-7-18)14(26)21-11(5-6-13(24)25)16(28)22-12(8-23)17(29)30/h9-12,23H,2-8,18-19H2,1H3,(H,20,27)(H,21,26)(H,22,28)(H,24,25)(H,29,30)/t9-,10-,11-,12-/m0/s1.